The van der Waals surface area contributed by atoms with Gasteiger partial charge in [0.25, 0.3) is 5.91 Å². The van der Waals surface area contributed by atoms with Crippen LogP contribution in [0.3, 0.4) is 0 Å². The van der Waals surface area contributed by atoms with Crippen molar-refractivity contribution < 1.29 is 14.3 Å². The molecule has 0 unspecified atom stereocenters. The topological polar surface area (TPSA) is 101 Å². The van der Waals surface area contributed by atoms with Crippen LogP contribution in [0.5, 0.6) is 0 Å². The number of para-hydroxylation sites is 2. The number of aromatic nitrogens is 1. The van der Waals surface area contributed by atoms with Gasteiger partial charge in [-0.2, -0.15) is 0 Å². The predicted octanol–water partition coefficient (Wildman–Crippen LogP) is 3.50. The molecular weight excluding hydrogens is 394 g/mol. The summed E-state index contributed by atoms with van der Waals surface area (Å²) < 4.78 is 5.60. The molecule has 1 aromatic carbocycles. The number of nitrogens with one attached hydrogen (secondary N) is 1. The number of carbonyl (C=O) groups is 2. The minimum atomic E-state index is -0.504. The van der Waals surface area contributed by atoms with Crippen LogP contribution in [0.15, 0.2) is 42.6 Å². The molecule has 2 amide bonds. The molecule has 3 heterocycles. The van der Waals surface area contributed by atoms with E-state index in [1.807, 2.05) is 43.9 Å². The molecule has 2 aliphatic heterocycles. The predicted molar refractivity (Wildman–Crippen MR) is 120 cm³/mol. The number of rotatable bonds is 3. The Labute approximate surface area is 182 Å². The molecule has 2 fully saturated rings. The second kappa shape index (κ2) is 8.09. The highest BCUT2D eigenvalue weighted by Crippen LogP contribution is 2.33. The van der Waals surface area contributed by atoms with Gasteiger partial charge in [0, 0.05) is 19.3 Å². The lowest BCUT2D eigenvalue weighted by Crippen LogP contribution is -2.57. The largest absolute Gasteiger partial charge is 0.444 e. The standard InChI is InChI=1S/C23H29N5O3/c1-23(2,3)31-22(30)28-16-9-10-17(28)14-27(13-16)20-11-8-15(12-25-20)21(29)26-19-7-5-4-6-18(19)24/h4-8,11-12,16-17H,9-10,13-14,24H2,1-3H3,(H,26,29)/t16-,17+. The molecular formula is C23H29N5O3. The van der Waals surface area contributed by atoms with Crippen LogP contribution >= 0.6 is 0 Å². The Morgan fingerprint density at radius 1 is 1.10 bits per heavy atom. The third-order valence-corrected chi connectivity index (χ3v) is 5.63. The number of ether oxygens (including phenoxy) is 1. The van der Waals surface area contributed by atoms with Gasteiger partial charge in [-0.15, -0.1) is 0 Å². The van der Waals surface area contributed by atoms with Crippen molar-refractivity contribution in [2.75, 3.05) is 29.0 Å². The Morgan fingerprint density at radius 3 is 2.35 bits per heavy atom. The maximum absolute atomic E-state index is 12.6. The van der Waals surface area contributed by atoms with Gasteiger partial charge in [0.2, 0.25) is 0 Å². The summed E-state index contributed by atoms with van der Waals surface area (Å²) in [5.74, 6) is 0.545. The molecule has 0 radical (unpaired) electrons. The second-order valence-electron chi connectivity index (χ2n) is 9.12. The third kappa shape index (κ3) is 4.57. The van der Waals surface area contributed by atoms with Crippen molar-refractivity contribution in [3.05, 3.63) is 48.2 Å². The van der Waals surface area contributed by atoms with Crippen molar-refractivity contribution in [1.82, 2.24) is 9.88 Å². The van der Waals surface area contributed by atoms with Gasteiger partial charge >= 0.3 is 6.09 Å². The molecule has 0 saturated carbocycles. The highest BCUT2D eigenvalue weighted by atomic mass is 16.6. The molecule has 2 aliphatic rings. The Bertz CT molecular complexity index is 956. The van der Waals surface area contributed by atoms with E-state index in [0.29, 0.717) is 30.0 Å². The SMILES string of the molecule is CC(C)(C)OC(=O)N1[C@@H]2CC[C@H]1CN(c1ccc(C(=O)Nc3ccccc3N)cn1)C2. The summed E-state index contributed by atoms with van der Waals surface area (Å²) in [4.78, 5) is 33.7. The van der Waals surface area contributed by atoms with Gasteiger partial charge < -0.3 is 20.7 Å². The Kier molecular flexibility index (Phi) is 5.47. The summed E-state index contributed by atoms with van der Waals surface area (Å²) in [6.45, 7) is 7.06. The van der Waals surface area contributed by atoms with Gasteiger partial charge in [-0.05, 0) is 57.9 Å². The van der Waals surface area contributed by atoms with Crippen LogP contribution < -0.4 is 16.0 Å². The van der Waals surface area contributed by atoms with Gasteiger partial charge in [-0.1, -0.05) is 12.1 Å². The van der Waals surface area contributed by atoms with E-state index in [1.54, 1.807) is 24.4 Å². The van der Waals surface area contributed by atoms with Crippen LogP contribution in [0.1, 0.15) is 44.0 Å². The van der Waals surface area contributed by atoms with Crippen molar-refractivity contribution in [1.29, 1.82) is 0 Å². The zero-order valence-electron chi connectivity index (χ0n) is 18.2. The molecule has 2 aromatic rings. The molecule has 2 atom stereocenters. The molecule has 8 nitrogen and oxygen atoms in total. The highest BCUT2D eigenvalue weighted by Gasteiger charge is 2.44. The number of anilines is 3. The van der Waals surface area contributed by atoms with Gasteiger partial charge in [-0.25, -0.2) is 9.78 Å². The number of nitrogens with two attached hydrogens (primary N) is 1. The zero-order chi connectivity index (χ0) is 22.2. The van der Waals surface area contributed by atoms with Crippen LogP contribution in [0.4, 0.5) is 22.0 Å². The van der Waals surface area contributed by atoms with E-state index in [1.165, 1.54) is 0 Å². The van der Waals surface area contributed by atoms with E-state index in [0.717, 1.165) is 18.7 Å². The molecule has 31 heavy (non-hydrogen) atoms. The first-order chi connectivity index (χ1) is 14.7. The summed E-state index contributed by atoms with van der Waals surface area (Å²) in [5, 5.41) is 2.81. The molecule has 8 heteroatoms. The van der Waals surface area contributed by atoms with E-state index >= 15 is 0 Å². The fourth-order valence-electron chi connectivity index (χ4n) is 4.22. The number of piperazine rings is 1. The molecule has 2 bridgehead atoms. The van der Waals surface area contributed by atoms with Crippen LogP contribution in [0, 0.1) is 0 Å². The molecule has 2 saturated heterocycles. The summed E-state index contributed by atoms with van der Waals surface area (Å²) >= 11 is 0. The van der Waals surface area contributed by atoms with Crippen molar-refractivity contribution in [2.45, 2.75) is 51.3 Å². The number of nitrogens with zero attached hydrogens (tertiary/aromatic N) is 3. The molecule has 1 aromatic heterocycles. The first-order valence-electron chi connectivity index (χ1n) is 10.6. The van der Waals surface area contributed by atoms with E-state index in [2.05, 4.69) is 15.2 Å². The highest BCUT2D eigenvalue weighted by molar-refractivity contribution is 6.05. The van der Waals surface area contributed by atoms with Crippen LogP contribution in [-0.4, -0.2) is 52.7 Å². The number of carbonyl (C=O) groups excluding carboxylic acids is 2. The maximum atomic E-state index is 12.6. The number of benzene rings is 1. The number of fused-ring (bicyclic) bond motifs is 2. The van der Waals surface area contributed by atoms with Crippen LogP contribution in [0.2, 0.25) is 0 Å². The lowest BCUT2D eigenvalue weighted by Gasteiger charge is -2.41. The average molecular weight is 424 g/mol. The van der Waals surface area contributed by atoms with Crippen LogP contribution in [-0.2, 0) is 4.74 Å². The number of hydrogen-bond acceptors (Lipinski definition) is 6. The van der Waals surface area contributed by atoms with E-state index in [4.69, 9.17) is 10.5 Å². The first-order valence-corrected chi connectivity index (χ1v) is 10.6. The minimum Gasteiger partial charge on any atom is -0.444 e. The van der Waals surface area contributed by atoms with Crippen molar-refractivity contribution in [3.63, 3.8) is 0 Å². The van der Waals surface area contributed by atoms with E-state index in [-0.39, 0.29) is 24.1 Å². The molecule has 164 valence electrons. The van der Waals surface area contributed by atoms with Gasteiger partial charge in [0.1, 0.15) is 11.4 Å². The smallest absolute Gasteiger partial charge is 0.410 e. The van der Waals surface area contributed by atoms with Gasteiger partial charge in [0.05, 0.1) is 29.0 Å². The number of amides is 2. The normalized spacial score (nSPS) is 20.5. The monoisotopic (exact) mass is 423 g/mol. The molecule has 3 N–H and O–H groups in total. The Morgan fingerprint density at radius 2 is 1.77 bits per heavy atom. The lowest BCUT2D eigenvalue weighted by atomic mass is 10.1. The third-order valence-electron chi connectivity index (χ3n) is 5.63. The van der Waals surface area contributed by atoms with Crippen molar-refractivity contribution >= 4 is 29.2 Å². The zero-order valence-corrected chi connectivity index (χ0v) is 18.2. The summed E-state index contributed by atoms with van der Waals surface area (Å²) in [7, 11) is 0. The van der Waals surface area contributed by atoms with E-state index < -0.39 is 5.60 Å². The fourth-order valence-corrected chi connectivity index (χ4v) is 4.22. The fraction of sp³-hybridized carbons (Fsp3) is 0.435. The molecule has 0 aliphatic carbocycles. The second-order valence-corrected chi connectivity index (χ2v) is 9.12. The van der Waals surface area contributed by atoms with Crippen LogP contribution in [0.25, 0.3) is 0 Å². The number of pyridine rings is 1. The minimum absolute atomic E-state index is 0.111. The summed E-state index contributed by atoms with van der Waals surface area (Å²) in [6.07, 6.45) is 3.25. The first kappa shape index (κ1) is 21.0. The molecule has 0 spiro atoms. The maximum Gasteiger partial charge on any atom is 0.410 e. The Balaban J connectivity index is 1.41. The summed E-state index contributed by atoms with van der Waals surface area (Å²) in [5.41, 5.74) is 6.94. The average Bonchev–Trinajstić information content (AvgIpc) is 2.98. The van der Waals surface area contributed by atoms with Crippen molar-refractivity contribution in [2.24, 2.45) is 0 Å². The van der Waals surface area contributed by atoms with Crippen molar-refractivity contribution in [3.8, 4) is 0 Å². The summed E-state index contributed by atoms with van der Waals surface area (Å²) in [6, 6.07) is 11.0. The lowest BCUT2D eigenvalue weighted by molar-refractivity contribution is 0.0122. The number of nitrogen functional groups attached to an aromatic ring is 1. The Hall–Kier alpha value is -3.29. The van der Waals surface area contributed by atoms with Gasteiger partial charge in [0.15, 0.2) is 0 Å². The number of hydrogen-bond donors (Lipinski definition) is 2. The molecule has 4 rings (SSSR count). The van der Waals surface area contributed by atoms with E-state index in [9.17, 15) is 9.59 Å². The quantitative estimate of drug-likeness (QED) is 0.733. The van der Waals surface area contributed by atoms with Gasteiger partial charge in [-0.3, -0.25) is 9.69 Å².